The number of benzene rings is 2. The van der Waals surface area contributed by atoms with Gasteiger partial charge in [0.1, 0.15) is 0 Å². The molecule has 4 aromatic rings. The molecule has 0 atom stereocenters. The Morgan fingerprint density at radius 1 is 1.03 bits per heavy atom. The minimum Gasteiger partial charge on any atom is -0.452 e. The molecule has 9 heteroatoms. The van der Waals surface area contributed by atoms with Gasteiger partial charge < -0.3 is 10.1 Å². The Kier molecular flexibility index (Phi) is 7.54. The number of hydrogen-bond acceptors (Lipinski definition) is 7. The van der Waals surface area contributed by atoms with Crippen LogP contribution in [0, 0.1) is 13.8 Å². The molecule has 0 saturated heterocycles. The fourth-order valence-corrected chi connectivity index (χ4v) is 4.27. The summed E-state index contributed by atoms with van der Waals surface area (Å²) in [7, 11) is 0. The second kappa shape index (κ2) is 10.9. The van der Waals surface area contributed by atoms with Gasteiger partial charge in [0.15, 0.2) is 6.61 Å². The third-order valence-corrected chi connectivity index (χ3v) is 5.99. The lowest BCUT2D eigenvalue weighted by Crippen LogP contribution is -2.30. The first-order chi connectivity index (χ1) is 16.5. The topological polar surface area (TPSA) is 98.5 Å². The Labute approximate surface area is 201 Å². The lowest BCUT2D eigenvalue weighted by molar-refractivity contribution is -0.124. The van der Waals surface area contributed by atoms with Crippen molar-refractivity contribution in [3.8, 4) is 0 Å². The van der Waals surface area contributed by atoms with Gasteiger partial charge >= 0.3 is 5.97 Å². The first kappa shape index (κ1) is 23.4. The normalized spacial score (nSPS) is 10.9. The number of nitrogens with one attached hydrogen (secondary N) is 1. The molecule has 0 aliphatic heterocycles. The van der Waals surface area contributed by atoms with Gasteiger partial charge in [-0.25, -0.2) is 14.3 Å². The highest BCUT2D eigenvalue weighted by Crippen LogP contribution is 2.23. The van der Waals surface area contributed by atoms with Crippen LogP contribution in [0.15, 0.2) is 65.8 Å². The van der Waals surface area contributed by atoms with E-state index in [1.807, 2.05) is 62.4 Å². The van der Waals surface area contributed by atoms with Gasteiger partial charge in [-0.05, 0) is 43.5 Å². The van der Waals surface area contributed by atoms with Crippen LogP contribution in [-0.4, -0.2) is 44.6 Å². The molecule has 0 unspecified atom stereocenters. The van der Waals surface area contributed by atoms with Crippen molar-refractivity contribution in [1.29, 1.82) is 0 Å². The molecule has 0 aliphatic carbocycles. The van der Waals surface area contributed by atoms with Crippen LogP contribution in [0.3, 0.4) is 0 Å². The molecule has 34 heavy (non-hydrogen) atoms. The van der Waals surface area contributed by atoms with Crippen molar-refractivity contribution in [1.82, 2.24) is 24.9 Å². The van der Waals surface area contributed by atoms with Crippen molar-refractivity contribution in [3.05, 3.63) is 88.7 Å². The molecule has 2 heterocycles. The molecule has 4 rings (SSSR count). The van der Waals surface area contributed by atoms with Crippen LogP contribution in [0.2, 0.25) is 0 Å². The summed E-state index contributed by atoms with van der Waals surface area (Å²) >= 11 is 1.41. The zero-order valence-corrected chi connectivity index (χ0v) is 19.8. The number of aromatic nitrogens is 4. The largest absolute Gasteiger partial charge is 0.452 e. The third-order valence-electron chi connectivity index (χ3n) is 5.11. The van der Waals surface area contributed by atoms with Crippen molar-refractivity contribution in [2.45, 2.75) is 31.2 Å². The summed E-state index contributed by atoms with van der Waals surface area (Å²) in [5, 5.41) is 7.84. The average molecular weight is 476 g/mol. The molecule has 0 bridgehead atoms. The van der Waals surface area contributed by atoms with Gasteiger partial charge in [-0.3, -0.25) is 4.79 Å². The molecular weight excluding hydrogens is 450 g/mol. The van der Waals surface area contributed by atoms with E-state index < -0.39 is 5.97 Å². The highest BCUT2D eigenvalue weighted by molar-refractivity contribution is 7.98. The van der Waals surface area contributed by atoms with E-state index in [-0.39, 0.29) is 12.5 Å². The van der Waals surface area contributed by atoms with E-state index in [1.54, 1.807) is 16.6 Å². The molecule has 8 nitrogen and oxygen atoms in total. The number of esters is 1. The molecule has 1 N–H and O–H groups in total. The quantitative estimate of drug-likeness (QED) is 0.292. The Morgan fingerprint density at radius 2 is 1.79 bits per heavy atom. The zero-order valence-electron chi connectivity index (χ0n) is 19.0. The lowest BCUT2D eigenvalue weighted by Gasteiger charge is -2.09. The van der Waals surface area contributed by atoms with Gasteiger partial charge in [0.2, 0.25) is 5.16 Å². The number of carbonyl (C=O) groups is 2. The van der Waals surface area contributed by atoms with Gasteiger partial charge in [-0.2, -0.15) is 4.98 Å². The Morgan fingerprint density at radius 3 is 2.62 bits per heavy atom. The van der Waals surface area contributed by atoms with Crippen LogP contribution >= 0.6 is 11.8 Å². The monoisotopic (exact) mass is 475 g/mol. The molecule has 1 amide bonds. The van der Waals surface area contributed by atoms with Crippen molar-refractivity contribution in [2.24, 2.45) is 0 Å². The fourth-order valence-electron chi connectivity index (χ4n) is 3.45. The molecule has 0 aliphatic rings. The molecule has 0 saturated carbocycles. The smallest absolute Gasteiger partial charge is 0.338 e. The number of fused-ring (bicyclic) bond motifs is 1. The minimum atomic E-state index is -0.537. The third kappa shape index (κ3) is 5.99. The van der Waals surface area contributed by atoms with Crippen molar-refractivity contribution < 1.29 is 14.3 Å². The maximum Gasteiger partial charge on any atom is 0.338 e. The number of nitrogens with zero attached hydrogens (tertiary/aromatic N) is 4. The highest BCUT2D eigenvalue weighted by atomic mass is 32.2. The van der Waals surface area contributed by atoms with E-state index in [2.05, 4.69) is 20.4 Å². The summed E-state index contributed by atoms with van der Waals surface area (Å²) in [6.07, 6.45) is 0.715. The van der Waals surface area contributed by atoms with Crippen LogP contribution in [0.1, 0.15) is 32.9 Å². The Hall–Kier alpha value is -3.72. The van der Waals surface area contributed by atoms with Crippen molar-refractivity contribution >= 4 is 29.4 Å². The summed E-state index contributed by atoms with van der Waals surface area (Å²) in [6, 6.07) is 19.0. The summed E-state index contributed by atoms with van der Waals surface area (Å²) in [6.45, 7) is 4.02. The van der Waals surface area contributed by atoms with E-state index in [9.17, 15) is 9.59 Å². The van der Waals surface area contributed by atoms with Gasteiger partial charge in [-0.15, -0.1) is 5.10 Å². The number of thioether (sulfide) groups is 1. The van der Waals surface area contributed by atoms with Gasteiger partial charge in [0.05, 0.1) is 5.56 Å². The zero-order chi connectivity index (χ0) is 23.9. The van der Waals surface area contributed by atoms with Crippen LogP contribution < -0.4 is 5.32 Å². The van der Waals surface area contributed by atoms with E-state index in [4.69, 9.17) is 4.74 Å². The summed E-state index contributed by atoms with van der Waals surface area (Å²) in [5.41, 5.74) is 4.16. The number of ether oxygens (including phenoxy) is 1. The second-order valence-electron chi connectivity index (χ2n) is 7.75. The maximum atomic E-state index is 12.6. The average Bonchev–Trinajstić information content (AvgIpc) is 3.25. The fraction of sp³-hybridized carbons (Fsp3) is 0.240. The first-order valence-corrected chi connectivity index (χ1v) is 11.9. The number of carbonyl (C=O) groups excluding carboxylic acids is 2. The molecule has 174 valence electrons. The Balaban J connectivity index is 1.31. The molecular formula is C25H25N5O3S. The maximum absolute atomic E-state index is 12.6. The molecule has 0 radical (unpaired) electrons. The number of aryl methyl sites for hydroxylation is 2. The standard InChI is InChI=1S/C25H25N5O3S/c1-17-14-18(2)30-24(27-17)28-25(29-30)34-16-20-10-6-7-11-21(20)23(32)33-15-22(31)26-13-12-19-8-4-3-5-9-19/h3-11,14H,12-13,15-16H2,1-2H3,(H,26,31). The van der Waals surface area contributed by atoms with Crippen LogP contribution in [-0.2, 0) is 21.7 Å². The first-order valence-electron chi connectivity index (χ1n) is 10.9. The molecule has 2 aromatic heterocycles. The van der Waals surface area contributed by atoms with Crippen molar-refractivity contribution in [3.63, 3.8) is 0 Å². The van der Waals surface area contributed by atoms with Gasteiger partial charge in [0, 0.05) is 23.7 Å². The second-order valence-corrected chi connectivity index (χ2v) is 8.70. The predicted octanol–water partition coefficient (Wildman–Crippen LogP) is 3.55. The summed E-state index contributed by atoms with van der Waals surface area (Å²) < 4.78 is 6.96. The summed E-state index contributed by atoms with van der Waals surface area (Å²) in [5.74, 6) is 0.156. The van der Waals surface area contributed by atoms with Crippen LogP contribution in [0.25, 0.3) is 5.78 Å². The lowest BCUT2D eigenvalue weighted by atomic mass is 10.1. The summed E-state index contributed by atoms with van der Waals surface area (Å²) in [4.78, 5) is 33.6. The number of amides is 1. The SMILES string of the molecule is Cc1cc(C)n2nc(SCc3ccccc3C(=O)OCC(=O)NCCc3ccccc3)nc2n1. The van der Waals surface area contributed by atoms with E-state index in [0.29, 0.717) is 35.2 Å². The highest BCUT2D eigenvalue weighted by Gasteiger charge is 2.16. The van der Waals surface area contributed by atoms with Crippen LogP contribution in [0.4, 0.5) is 0 Å². The van der Waals surface area contributed by atoms with Crippen molar-refractivity contribution in [2.75, 3.05) is 13.2 Å². The molecule has 2 aromatic carbocycles. The molecule has 0 spiro atoms. The van der Waals surface area contributed by atoms with Gasteiger partial charge in [-0.1, -0.05) is 60.3 Å². The predicted molar refractivity (Wildman–Crippen MR) is 130 cm³/mol. The van der Waals surface area contributed by atoms with E-state index in [0.717, 1.165) is 22.5 Å². The number of rotatable bonds is 9. The molecule has 0 fully saturated rings. The Bertz CT molecular complexity index is 1310. The van der Waals surface area contributed by atoms with E-state index >= 15 is 0 Å². The minimum absolute atomic E-state index is 0.326. The van der Waals surface area contributed by atoms with Crippen LogP contribution in [0.5, 0.6) is 0 Å². The van der Waals surface area contributed by atoms with Gasteiger partial charge in [0.25, 0.3) is 11.7 Å². The number of hydrogen-bond donors (Lipinski definition) is 1. The van der Waals surface area contributed by atoms with E-state index in [1.165, 1.54) is 11.8 Å².